The summed E-state index contributed by atoms with van der Waals surface area (Å²) in [6.45, 7) is 0.987. The fraction of sp³-hybridized carbons (Fsp3) is 0.417. The van der Waals surface area contributed by atoms with Crippen LogP contribution in [-0.4, -0.2) is 40.2 Å². The summed E-state index contributed by atoms with van der Waals surface area (Å²) in [4.78, 5) is 11.6. The van der Waals surface area contributed by atoms with Gasteiger partial charge in [0.2, 0.25) is 0 Å². The number of hydrogen-bond acceptors (Lipinski definition) is 4. The molecule has 0 saturated carbocycles. The Morgan fingerprint density at radius 3 is 2.79 bits per heavy atom. The van der Waals surface area contributed by atoms with E-state index >= 15 is 0 Å². The normalized spacial score (nSPS) is 10.1. The number of urea groups is 1. The molecule has 2 amide bonds. The number of amides is 2. The summed E-state index contributed by atoms with van der Waals surface area (Å²) in [5, 5.41) is 5.66. The first kappa shape index (κ1) is 15.6. The van der Waals surface area contributed by atoms with Crippen LogP contribution in [-0.2, 0) is 9.47 Å². The fourth-order valence-electron chi connectivity index (χ4n) is 1.28. The number of carbonyl (C=O) groups is 1. The molecule has 1 aromatic carbocycles. The van der Waals surface area contributed by atoms with Crippen molar-refractivity contribution in [3.05, 3.63) is 23.2 Å². The molecule has 1 rings (SSSR count). The van der Waals surface area contributed by atoms with Gasteiger partial charge < -0.3 is 24.8 Å². The van der Waals surface area contributed by atoms with Gasteiger partial charge >= 0.3 is 6.03 Å². The molecule has 0 aromatic heterocycles. The third-order valence-electron chi connectivity index (χ3n) is 2.18. The minimum atomic E-state index is -0.405. The Hall–Kier alpha value is -1.50. The first-order chi connectivity index (χ1) is 9.17. The van der Waals surface area contributed by atoms with Crippen LogP contribution < -0.4 is 15.4 Å². The van der Waals surface area contributed by atoms with Crippen LogP contribution in [0, 0.1) is 0 Å². The van der Waals surface area contributed by atoms with E-state index < -0.39 is 6.03 Å². The van der Waals surface area contributed by atoms with E-state index in [1.165, 1.54) is 7.11 Å². The predicted molar refractivity (Wildman–Crippen MR) is 72.9 cm³/mol. The van der Waals surface area contributed by atoms with Gasteiger partial charge in [-0.25, -0.2) is 4.79 Å². The third-order valence-corrected chi connectivity index (χ3v) is 2.41. The lowest BCUT2D eigenvalue weighted by Gasteiger charge is -2.11. The number of benzene rings is 1. The SMILES string of the molecule is COCCOCNC(=O)Nc1cc(Cl)ccc1OC. The second-order valence-electron chi connectivity index (χ2n) is 3.52. The number of methoxy groups -OCH3 is 2. The van der Waals surface area contributed by atoms with E-state index in [1.807, 2.05) is 0 Å². The topological polar surface area (TPSA) is 68.8 Å². The van der Waals surface area contributed by atoms with E-state index in [4.69, 9.17) is 25.8 Å². The minimum absolute atomic E-state index is 0.0953. The summed E-state index contributed by atoms with van der Waals surface area (Å²) in [6, 6.07) is 4.55. The van der Waals surface area contributed by atoms with Crippen LogP contribution in [0.2, 0.25) is 5.02 Å². The Morgan fingerprint density at radius 1 is 1.32 bits per heavy atom. The molecule has 0 bridgehead atoms. The average molecular weight is 289 g/mol. The zero-order valence-electron chi connectivity index (χ0n) is 10.9. The Morgan fingerprint density at radius 2 is 2.11 bits per heavy atom. The smallest absolute Gasteiger partial charge is 0.321 e. The van der Waals surface area contributed by atoms with Gasteiger partial charge in [-0.1, -0.05) is 11.6 Å². The van der Waals surface area contributed by atoms with Crippen LogP contribution >= 0.6 is 11.6 Å². The largest absolute Gasteiger partial charge is 0.495 e. The molecular formula is C12H17ClN2O4. The molecular weight excluding hydrogens is 272 g/mol. The first-order valence-electron chi connectivity index (χ1n) is 5.62. The molecule has 0 unspecified atom stereocenters. The van der Waals surface area contributed by atoms with Gasteiger partial charge in [-0.15, -0.1) is 0 Å². The molecule has 6 nitrogen and oxygen atoms in total. The van der Waals surface area contributed by atoms with Gasteiger partial charge in [0.25, 0.3) is 0 Å². The van der Waals surface area contributed by atoms with Crippen LogP contribution in [0.25, 0.3) is 0 Å². The summed E-state index contributed by atoms with van der Waals surface area (Å²) >= 11 is 5.85. The summed E-state index contributed by atoms with van der Waals surface area (Å²) in [5.74, 6) is 0.528. The highest BCUT2D eigenvalue weighted by Gasteiger charge is 2.07. The maximum absolute atomic E-state index is 11.6. The molecule has 0 atom stereocenters. The molecule has 0 spiro atoms. The van der Waals surface area contributed by atoms with E-state index in [0.29, 0.717) is 29.7 Å². The van der Waals surface area contributed by atoms with Gasteiger partial charge in [0.1, 0.15) is 12.5 Å². The molecule has 19 heavy (non-hydrogen) atoms. The number of ether oxygens (including phenoxy) is 3. The summed E-state index contributed by atoms with van der Waals surface area (Å²) in [5.41, 5.74) is 0.490. The maximum atomic E-state index is 11.6. The van der Waals surface area contributed by atoms with Crippen LogP contribution in [0.1, 0.15) is 0 Å². The Bertz CT molecular complexity index is 415. The Labute approximate surface area is 117 Å². The van der Waals surface area contributed by atoms with Gasteiger partial charge in [-0.3, -0.25) is 0 Å². The molecule has 0 aliphatic heterocycles. The van der Waals surface area contributed by atoms with Crippen molar-refractivity contribution in [1.29, 1.82) is 0 Å². The van der Waals surface area contributed by atoms with Crippen molar-refractivity contribution in [1.82, 2.24) is 5.32 Å². The number of halogens is 1. The van der Waals surface area contributed by atoms with Crippen molar-refractivity contribution < 1.29 is 19.0 Å². The van der Waals surface area contributed by atoms with Gasteiger partial charge in [0.15, 0.2) is 0 Å². The molecule has 0 heterocycles. The number of rotatable bonds is 7. The molecule has 2 N–H and O–H groups in total. The number of hydrogen-bond donors (Lipinski definition) is 2. The van der Waals surface area contributed by atoms with E-state index in [0.717, 1.165) is 0 Å². The molecule has 0 aliphatic rings. The summed E-state index contributed by atoms with van der Waals surface area (Å²) in [6.07, 6.45) is 0. The van der Waals surface area contributed by atoms with Crippen molar-refractivity contribution in [3.63, 3.8) is 0 Å². The van der Waals surface area contributed by atoms with Crippen molar-refractivity contribution in [3.8, 4) is 5.75 Å². The number of nitrogens with one attached hydrogen (secondary N) is 2. The van der Waals surface area contributed by atoms with Crippen molar-refractivity contribution in [2.75, 3.05) is 39.5 Å². The highest BCUT2D eigenvalue weighted by molar-refractivity contribution is 6.31. The van der Waals surface area contributed by atoms with Crippen LogP contribution in [0.15, 0.2) is 18.2 Å². The van der Waals surface area contributed by atoms with E-state index in [-0.39, 0.29) is 6.73 Å². The molecule has 0 aliphatic carbocycles. The second-order valence-corrected chi connectivity index (χ2v) is 3.96. The van der Waals surface area contributed by atoms with Crippen LogP contribution in [0.3, 0.4) is 0 Å². The lowest BCUT2D eigenvalue weighted by Crippen LogP contribution is -2.31. The average Bonchev–Trinajstić information content (AvgIpc) is 2.39. The second kappa shape index (κ2) is 8.58. The molecule has 1 aromatic rings. The quantitative estimate of drug-likeness (QED) is 0.595. The van der Waals surface area contributed by atoms with Crippen LogP contribution in [0.5, 0.6) is 5.75 Å². The van der Waals surface area contributed by atoms with Crippen molar-refractivity contribution >= 4 is 23.3 Å². The van der Waals surface area contributed by atoms with Crippen LogP contribution in [0.4, 0.5) is 10.5 Å². The standard InChI is InChI=1S/C12H17ClN2O4/c1-17-5-6-19-8-14-12(16)15-10-7-9(13)3-4-11(10)18-2/h3-4,7H,5-6,8H2,1-2H3,(H2,14,15,16). The van der Waals surface area contributed by atoms with Crippen molar-refractivity contribution in [2.24, 2.45) is 0 Å². The molecule has 0 radical (unpaired) electrons. The van der Waals surface area contributed by atoms with E-state index in [1.54, 1.807) is 25.3 Å². The number of anilines is 1. The van der Waals surface area contributed by atoms with Gasteiger partial charge in [-0.2, -0.15) is 0 Å². The highest BCUT2D eigenvalue weighted by atomic mass is 35.5. The van der Waals surface area contributed by atoms with Gasteiger partial charge in [0, 0.05) is 12.1 Å². The monoisotopic (exact) mass is 288 g/mol. The predicted octanol–water partition coefficient (Wildman–Crippen LogP) is 2.09. The molecule has 0 saturated heterocycles. The zero-order valence-corrected chi connectivity index (χ0v) is 11.6. The Balaban J connectivity index is 2.41. The van der Waals surface area contributed by atoms with Gasteiger partial charge in [0.05, 0.1) is 26.0 Å². The molecule has 7 heteroatoms. The zero-order chi connectivity index (χ0) is 14.1. The highest BCUT2D eigenvalue weighted by Crippen LogP contribution is 2.27. The Kier molecular flexibility index (Phi) is 7.02. The maximum Gasteiger partial charge on any atom is 0.321 e. The van der Waals surface area contributed by atoms with E-state index in [9.17, 15) is 4.79 Å². The fourth-order valence-corrected chi connectivity index (χ4v) is 1.45. The third kappa shape index (κ3) is 5.78. The minimum Gasteiger partial charge on any atom is -0.495 e. The number of carbonyl (C=O) groups excluding carboxylic acids is 1. The van der Waals surface area contributed by atoms with Crippen molar-refractivity contribution in [2.45, 2.75) is 0 Å². The molecule has 0 fully saturated rings. The lowest BCUT2D eigenvalue weighted by atomic mass is 10.3. The van der Waals surface area contributed by atoms with E-state index in [2.05, 4.69) is 10.6 Å². The first-order valence-corrected chi connectivity index (χ1v) is 6.00. The summed E-state index contributed by atoms with van der Waals surface area (Å²) < 4.78 is 15.0. The lowest BCUT2D eigenvalue weighted by molar-refractivity contribution is 0.0650. The summed E-state index contributed by atoms with van der Waals surface area (Å²) in [7, 11) is 3.09. The molecule has 106 valence electrons. The van der Waals surface area contributed by atoms with Gasteiger partial charge in [-0.05, 0) is 18.2 Å².